The van der Waals surface area contributed by atoms with Crippen LogP contribution in [0, 0.1) is 0 Å². The van der Waals surface area contributed by atoms with Crippen molar-refractivity contribution in [2.24, 2.45) is 5.73 Å². The highest BCUT2D eigenvalue weighted by Crippen LogP contribution is 2.26. The molecule has 3 N–H and O–H groups in total. The summed E-state index contributed by atoms with van der Waals surface area (Å²) in [5.41, 5.74) is 6.90. The van der Waals surface area contributed by atoms with Gasteiger partial charge in [-0.2, -0.15) is 4.31 Å². The molecule has 0 radical (unpaired) electrons. The molecule has 2 aromatic carbocycles. The molecule has 178 valence electrons. The molecule has 33 heavy (non-hydrogen) atoms. The number of benzene rings is 2. The van der Waals surface area contributed by atoms with E-state index >= 15 is 0 Å². The normalized spacial score (nSPS) is 17.5. The van der Waals surface area contributed by atoms with E-state index in [0.29, 0.717) is 27.1 Å². The molecule has 12 heteroatoms. The van der Waals surface area contributed by atoms with E-state index in [4.69, 9.17) is 33.7 Å². The summed E-state index contributed by atoms with van der Waals surface area (Å²) in [6.45, 7) is 0.189. The maximum atomic E-state index is 12.7. The molecule has 2 amide bonds. The second-order valence-electron chi connectivity index (χ2n) is 7.47. The summed E-state index contributed by atoms with van der Waals surface area (Å²) in [4.78, 5) is 24.6. The van der Waals surface area contributed by atoms with Crippen LogP contribution in [0.2, 0.25) is 10.0 Å². The zero-order valence-corrected chi connectivity index (χ0v) is 20.8. The third-order valence-corrected chi connectivity index (χ3v) is 8.16. The number of rotatable bonds is 9. The number of sulfonamides is 1. The Morgan fingerprint density at radius 3 is 2.42 bits per heavy atom. The Kier molecular flexibility index (Phi) is 8.52. The number of nitrogens with one attached hydrogen (secondary N) is 1. The van der Waals surface area contributed by atoms with Crippen molar-refractivity contribution in [3.05, 3.63) is 63.6 Å². The van der Waals surface area contributed by atoms with Crippen molar-refractivity contribution < 1.29 is 22.7 Å². The lowest BCUT2D eigenvalue weighted by Crippen LogP contribution is -2.53. The minimum atomic E-state index is -3.54. The van der Waals surface area contributed by atoms with E-state index in [1.807, 2.05) is 0 Å². The molecule has 0 aliphatic carbocycles. The Morgan fingerprint density at radius 1 is 1.21 bits per heavy atom. The lowest BCUT2D eigenvalue weighted by Gasteiger charge is -2.23. The standard InChI is InChI=1S/C21H23Cl2N3O5S2/c1-33(29,30)26-12-32-11-19(26)21(28)25-18(20(24)27)9-13-5-7-14(8-6-13)31-10-15-16(22)3-2-4-17(15)23/h2-8,18-19H,9-12H2,1H3,(H2,24,27)(H,25,28). The zero-order valence-electron chi connectivity index (χ0n) is 17.7. The van der Waals surface area contributed by atoms with Gasteiger partial charge in [-0.1, -0.05) is 41.4 Å². The summed E-state index contributed by atoms with van der Waals surface area (Å²) in [5.74, 6) is -0.189. The van der Waals surface area contributed by atoms with Crippen LogP contribution in [0.5, 0.6) is 5.75 Å². The van der Waals surface area contributed by atoms with Crippen molar-refractivity contribution in [2.75, 3.05) is 17.9 Å². The van der Waals surface area contributed by atoms with Crippen molar-refractivity contribution in [1.82, 2.24) is 9.62 Å². The van der Waals surface area contributed by atoms with Crippen LogP contribution in [0.15, 0.2) is 42.5 Å². The molecule has 2 unspecified atom stereocenters. The number of hydrogen-bond acceptors (Lipinski definition) is 6. The van der Waals surface area contributed by atoms with Crippen LogP contribution in [0.4, 0.5) is 0 Å². The molecule has 1 saturated heterocycles. The van der Waals surface area contributed by atoms with Gasteiger partial charge in [-0.25, -0.2) is 8.42 Å². The van der Waals surface area contributed by atoms with Gasteiger partial charge in [0.05, 0.1) is 12.1 Å². The predicted molar refractivity (Wildman–Crippen MR) is 130 cm³/mol. The molecule has 1 aliphatic heterocycles. The summed E-state index contributed by atoms with van der Waals surface area (Å²) in [5, 5.41) is 3.61. The fourth-order valence-electron chi connectivity index (χ4n) is 3.23. The number of amides is 2. The van der Waals surface area contributed by atoms with Gasteiger partial charge in [-0.15, -0.1) is 11.8 Å². The first-order valence-corrected chi connectivity index (χ1v) is 13.6. The number of hydrogen-bond donors (Lipinski definition) is 2. The number of halogens is 2. The van der Waals surface area contributed by atoms with Crippen LogP contribution in [-0.2, 0) is 32.6 Å². The minimum absolute atomic E-state index is 0.149. The second-order valence-corrected chi connectivity index (χ2v) is 11.2. The maximum Gasteiger partial charge on any atom is 0.240 e. The van der Waals surface area contributed by atoms with E-state index in [1.165, 1.54) is 11.8 Å². The fourth-order valence-corrected chi connectivity index (χ4v) is 6.48. The van der Waals surface area contributed by atoms with E-state index in [0.717, 1.165) is 16.1 Å². The summed E-state index contributed by atoms with van der Waals surface area (Å²) >= 11 is 13.6. The van der Waals surface area contributed by atoms with Gasteiger partial charge in [0.15, 0.2) is 0 Å². The summed E-state index contributed by atoms with van der Waals surface area (Å²) in [6.07, 6.45) is 1.20. The van der Waals surface area contributed by atoms with E-state index in [2.05, 4.69) is 5.32 Å². The van der Waals surface area contributed by atoms with Crippen molar-refractivity contribution in [3.8, 4) is 5.75 Å². The van der Waals surface area contributed by atoms with Gasteiger partial charge in [0.25, 0.3) is 0 Å². The molecule has 1 fully saturated rings. The molecule has 1 heterocycles. The lowest BCUT2D eigenvalue weighted by molar-refractivity contribution is -0.129. The van der Waals surface area contributed by atoms with E-state index in [9.17, 15) is 18.0 Å². The number of ether oxygens (including phenoxy) is 1. The van der Waals surface area contributed by atoms with Gasteiger partial charge >= 0.3 is 0 Å². The van der Waals surface area contributed by atoms with Crippen molar-refractivity contribution in [3.63, 3.8) is 0 Å². The van der Waals surface area contributed by atoms with Gasteiger partial charge in [0.1, 0.15) is 24.4 Å². The van der Waals surface area contributed by atoms with E-state index < -0.39 is 33.9 Å². The summed E-state index contributed by atoms with van der Waals surface area (Å²) in [7, 11) is -3.54. The maximum absolute atomic E-state index is 12.7. The summed E-state index contributed by atoms with van der Waals surface area (Å²) in [6, 6.07) is 10.3. The highest BCUT2D eigenvalue weighted by atomic mass is 35.5. The van der Waals surface area contributed by atoms with Crippen LogP contribution >= 0.6 is 35.0 Å². The zero-order chi connectivity index (χ0) is 24.2. The first-order valence-electron chi connectivity index (χ1n) is 9.85. The third kappa shape index (κ3) is 6.77. The Bertz CT molecular complexity index is 1110. The van der Waals surface area contributed by atoms with Crippen LogP contribution < -0.4 is 15.8 Å². The summed E-state index contributed by atoms with van der Waals surface area (Å²) < 4.78 is 30.6. The molecule has 1 aliphatic rings. The molecule has 0 aromatic heterocycles. The van der Waals surface area contributed by atoms with Gasteiger partial charge in [0, 0.05) is 27.8 Å². The largest absolute Gasteiger partial charge is 0.489 e. The van der Waals surface area contributed by atoms with E-state index in [-0.39, 0.29) is 18.9 Å². The number of primary amides is 1. The molecular weight excluding hydrogens is 509 g/mol. The predicted octanol–water partition coefficient (Wildman–Crippen LogP) is 2.42. The van der Waals surface area contributed by atoms with Crippen LogP contribution in [0.3, 0.4) is 0 Å². The van der Waals surface area contributed by atoms with Gasteiger partial charge in [-0.3, -0.25) is 9.59 Å². The highest BCUT2D eigenvalue weighted by molar-refractivity contribution is 8.00. The minimum Gasteiger partial charge on any atom is -0.489 e. The van der Waals surface area contributed by atoms with Crippen molar-refractivity contribution in [2.45, 2.75) is 25.1 Å². The van der Waals surface area contributed by atoms with Crippen molar-refractivity contribution in [1.29, 1.82) is 0 Å². The number of carbonyl (C=O) groups is 2. The Labute approximate surface area is 206 Å². The van der Waals surface area contributed by atoms with Crippen molar-refractivity contribution >= 4 is 56.8 Å². The van der Waals surface area contributed by atoms with E-state index in [1.54, 1.807) is 42.5 Å². The second kappa shape index (κ2) is 11.0. The topological polar surface area (TPSA) is 119 Å². The average molecular weight is 532 g/mol. The third-order valence-electron chi connectivity index (χ3n) is 5.04. The number of carbonyl (C=O) groups excluding carboxylic acids is 2. The first kappa shape index (κ1) is 25.6. The van der Waals surface area contributed by atoms with Gasteiger partial charge in [0.2, 0.25) is 21.8 Å². The molecule has 3 rings (SSSR count). The molecule has 8 nitrogen and oxygen atoms in total. The van der Waals surface area contributed by atoms with Crippen LogP contribution in [0.1, 0.15) is 11.1 Å². The molecule has 2 aromatic rings. The molecular formula is C21H23Cl2N3O5S2. The Balaban J connectivity index is 1.62. The molecule has 0 spiro atoms. The van der Waals surface area contributed by atoms with Gasteiger partial charge in [-0.05, 0) is 29.8 Å². The van der Waals surface area contributed by atoms with Gasteiger partial charge < -0.3 is 15.8 Å². The number of nitrogens with two attached hydrogens (primary N) is 1. The number of thioether (sulfide) groups is 1. The molecule has 0 saturated carbocycles. The average Bonchev–Trinajstić information content (AvgIpc) is 3.25. The Morgan fingerprint density at radius 2 is 1.85 bits per heavy atom. The monoisotopic (exact) mass is 531 g/mol. The number of nitrogens with zero attached hydrogens (tertiary/aromatic N) is 1. The SMILES string of the molecule is CS(=O)(=O)N1CSCC1C(=O)NC(Cc1ccc(OCc2c(Cl)cccc2Cl)cc1)C(N)=O. The molecule has 2 atom stereocenters. The highest BCUT2D eigenvalue weighted by Gasteiger charge is 2.38. The fraction of sp³-hybridized carbons (Fsp3) is 0.333. The quantitative estimate of drug-likeness (QED) is 0.512. The smallest absolute Gasteiger partial charge is 0.240 e. The molecule has 0 bridgehead atoms. The Hall–Kier alpha value is -1.98. The van der Waals surface area contributed by atoms with Crippen LogP contribution in [-0.4, -0.2) is 54.5 Å². The lowest BCUT2D eigenvalue weighted by atomic mass is 10.0. The first-order chi connectivity index (χ1) is 15.6. The van der Waals surface area contributed by atoms with Crippen LogP contribution in [0.25, 0.3) is 0 Å².